The molecule has 1 aliphatic heterocycles. The van der Waals surface area contributed by atoms with Gasteiger partial charge in [-0.05, 0) is 18.9 Å². The number of hydrogen-bond acceptors (Lipinski definition) is 2. The van der Waals surface area contributed by atoms with Gasteiger partial charge in [-0.2, -0.15) is 0 Å². The van der Waals surface area contributed by atoms with Crippen molar-refractivity contribution in [1.82, 2.24) is 5.32 Å². The number of carbonyl (C=O) groups excluding carboxylic acids is 1. The first-order valence-corrected chi connectivity index (χ1v) is 4.45. The van der Waals surface area contributed by atoms with Crippen molar-refractivity contribution in [3.05, 3.63) is 24.3 Å². The van der Waals surface area contributed by atoms with Gasteiger partial charge in [0.1, 0.15) is 0 Å². The van der Waals surface area contributed by atoms with E-state index in [9.17, 15) is 4.79 Å². The molecule has 1 aliphatic rings. The smallest absolute Gasteiger partial charge is 0.244 e. The van der Waals surface area contributed by atoms with Gasteiger partial charge in [-0.15, -0.1) is 6.58 Å². The van der Waals surface area contributed by atoms with Gasteiger partial charge in [-0.1, -0.05) is 6.08 Å². The lowest BCUT2D eigenvalue weighted by atomic mass is 10.1. The molecule has 72 valence electrons. The summed E-state index contributed by atoms with van der Waals surface area (Å²) in [5.74, 6) is -0.0627. The highest BCUT2D eigenvalue weighted by Crippen LogP contribution is 2.18. The Morgan fingerprint density at radius 3 is 3.15 bits per heavy atom. The zero-order valence-corrected chi connectivity index (χ0v) is 7.88. The van der Waals surface area contributed by atoms with Crippen molar-refractivity contribution in [3.8, 4) is 0 Å². The highest BCUT2D eigenvalue weighted by molar-refractivity contribution is 5.88. The Kier molecular flexibility index (Phi) is 3.71. The van der Waals surface area contributed by atoms with Crippen LogP contribution in [0.5, 0.6) is 0 Å². The van der Waals surface area contributed by atoms with E-state index in [4.69, 9.17) is 4.74 Å². The SMILES string of the molecule is C=CCNC(=O)/C=C1\CCOC1C. The highest BCUT2D eigenvalue weighted by Gasteiger charge is 2.17. The van der Waals surface area contributed by atoms with E-state index in [2.05, 4.69) is 11.9 Å². The molecule has 0 saturated carbocycles. The molecule has 0 spiro atoms. The third kappa shape index (κ3) is 3.03. The van der Waals surface area contributed by atoms with Crippen molar-refractivity contribution in [2.45, 2.75) is 19.4 Å². The summed E-state index contributed by atoms with van der Waals surface area (Å²) < 4.78 is 5.30. The van der Waals surface area contributed by atoms with Crippen LogP contribution in [0.25, 0.3) is 0 Å². The average Bonchev–Trinajstić information content (AvgIpc) is 2.48. The predicted molar refractivity (Wildman–Crippen MR) is 51.3 cm³/mol. The van der Waals surface area contributed by atoms with Crippen LogP contribution in [-0.2, 0) is 9.53 Å². The molecule has 1 atom stereocenters. The first-order chi connectivity index (χ1) is 6.24. The van der Waals surface area contributed by atoms with Gasteiger partial charge in [0.25, 0.3) is 0 Å². The standard InChI is InChI=1S/C10H15NO2/c1-3-5-11-10(12)7-9-4-6-13-8(9)2/h3,7-8H,1,4-6H2,2H3,(H,11,12)/b9-7+. The zero-order chi connectivity index (χ0) is 9.68. The number of amides is 1. The maximum atomic E-state index is 11.2. The molecule has 3 heteroatoms. The second kappa shape index (κ2) is 4.82. The lowest BCUT2D eigenvalue weighted by Crippen LogP contribution is -2.21. The maximum absolute atomic E-state index is 11.2. The van der Waals surface area contributed by atoms with Crippen molar-refractivity contribution in [2.24, 2.45) is 0 Å². The first kappa shape index (κ1) is 9.99. The van der Waals surface area contributed by atoms with Crippen molar-refractivity contribution in [2.75, 3.05) is 13.2 Å². The summed E-state index contributed by atoms with van der Waals surface area (Å²) in [5, 5.41) is 2.69. The van der Waals surface area contributed by atoms with Gasteiger partial charge in [0.15, 0.2) is 0 Å². The molecule has 1 heterocycles. The summed E-state index contributed by atoms with van der Waals surface area (Å²) in [6.07, 6.45) is 4.24. The monoisotopic (exact) mass is 181 g/mol. The Morgan fingerprint density at radius 2 is 2.62 bits per heavy atom. The molecule has 0 aromatic heterocycles. The summed E-state index contributed by atoms with van der Waals surface area (Å²) in [6, 6.07) is 0. The van der Waals surface area contributed by atoms with Crippen molar-refractivity contribution in [3.63, 3.8) is 0 Å². The molecule has 0 aromatic carbocycles. The van der Waals surface area contributed by atoms with E-state index in [0.717, 1.165) is 18.6 Å². The normalized spacial score (nSPS) is 24.7. The van der Waals surface area contributed by atoms with Gasteiger partial charge >= 0.3 is 0 Å². The molecule has 1 amide bonds. The van der Waals surface area contributed by atoms with Gasteiger partial charge < -0.3 is 10.1 Å². The van der Waals surface area contributed by atoms with Gasteiger partial charge in [0, 0.05) is 12.6 Å². The second-order valence-electron chi connectivity index (χ2n) is 3.02. The second-order valence-corrected chi connectivity index (χ2v) is 3.02. The number of nitrogens with one attached hydrogen (secondary N) is 1. The van der Waals surface area contributed by atoms with Gasteiger partial charge in [0.2, 0.25) is 5.91 Å². The van der Waals surface area contributed by atoms with Gasteiger partial charge in [-0.3, -0.25) is 4.79 Å². The molecule has 1 fully saturated rings. The van der Waals surface area contributed by atoms with Crippen LogP contribution in [0, 0.1) is 0 Å². The zero-order valence-electron chi connectivity index (χ0n) is 7.88. The van der Waals surface area contributed by atoms with Crippen molar-refractivity contribution in [1.29, 1.82) is 0 Å². The summed E-state index contributed by atoms with van der Waals surface area (Å²) in [5.41, 5.74) is 1.07. The van der Waals surface area contributed by atoms with Gasteiger partial charge in [-0.25, -0.2) is 0 Å². The molecule has 0 bridgehead atoms. The van der Waals surface area contributed by atoms with Crippen LogP contribution in [0.4, 0.5) is 0 Å². The van der Waals surface area contributed by atoms with E-state index in [1.807, 2.05) is 6.92 Å². The van der Waals surface area contributed by atoms with Crippen LogP contribution >= 0.6 is 0 Å². The molecule has 3 nitrogen and oxygen atoms in total. The molecule has 13 heavy (non-hydrogen) atoms. The molecule has 1 saturated heterocycles. The lowest BCUT2D eigenvalue weighted by molar-refractivity contribution is -0.116. The van der Waals surface area contributed by atoms with Crippen LogP contribution in [0.2, 0.25) is 0 Å². The number of carbonyl (C=O) groups is 1. The number of ether oxygens (including phenoxy) is 1. The summed E-state index contributed by atoms with van der Waals surface area (Å²) in [6.45, 7) is 6.71. The Bertz CT molecular complexity index is 233. The topological polar surface area (TPSA) is 38.3 Å². The third-order valence-electron chi connectivity index (χ3n) is 2.02. The summed E-state index contributed by atoms with van der Waals surface area (Å²) in [4.78, 5) is 11.2. The van der Waals surface area contributed by atoms with E-state index < -0.39 is 0 Å². The van der Waals surface area contributed by atoms with Crippen LogP contribution in [-0.4, -0.2) is 25.2 Å². The van der Waals surface area contributed by atoms with E-state index in [-0.39, 0.29) is 12.0 Å². The minimum Gasteiger partial charge on any atom is -0.374 e. The van der Waals surface area contributed by atoms with Crippen molar-refractivity contribution < 1.29 is 9.53 Å². The summed E-state index contributed by atoms with van der Waals surface area (Å²) >= 11 is 0. The lowest BCUT2D eigenvalue weighted by Gasteiger charge is -2.03. The average molecular weight is 181 g/mol. The first-order valence-electron chi connectivity index (χ1n) is 4.45. The molecule has 1 unspecified atom stereocenters. The fourth-order valence-electron chi connectivity index (χ4n) is 1.25. The molecular formula is C10H15NO2. The largest absolute Gasteiger partial charge is 0.374 e. The summed E-state index contributed by atoms with van der Waals surface area (Å²) in [7, 11) is 0. The maximum Gasteiger partial charge on any atom is 0.244 e. The fourth-order valence-corrected chi connectivity index (χ4v) is 1.25. The Balaban J connectivity index is 2.44. The van der Waals surface area contributed by atoms with Crippen LogP contribution in [0.15, 0.2) is 24.3 Å². The Hall–Kier alpha value is -1.09. The van der Waals surface area contributed by atoms with E-state index in [0.29, 0.717) is 6.54 Å². The molecule has 0 radical (unpaired) electrons. The Morgan fingerprint density at radius 1 is 1.85 bits per heavy atom. The molecule has 1 rings (SSSR count). The minimum atomic E-state index is -0.0627. The predicted octanol–water partition coefficient (Wildman–Crippen LogP) is 1.02. The van der Waals surface area contributed by atoms with E-state index in [1.54, 1.807) is 12.2 Å². The highest BCUT2D eigenvalue weighted by atomic mass is 16.5. The molecular weight excluding hydrogens is 166 g/mol. The molecule has 0 aromatic rings. The quantitative estimate of drug-likeness (QED) is 0.521. The number of hydrogen-bond donors (Lipinski definition) is 1. The molecule has 0 aliphatic carbocycles. The van der Waals surface area contributed by atoms with Crippen LogP contribution in [0.3, 0.4) is 0 Å². The Labute approximate surface area is 78.5 Å². The van der Waals surface area contributed by atoms with Crippen LogP contribution < -0.4 is 5.32 Å². The molecule has 1 N–H and O–H groups in total. The third-order valence-corrected chi connectivity index (χ3v) is 2.02. The fraction of sp³-hybridized carbons (Fsp3) is 0.500. The van der Waals surface area contributed by atoms with Gasteiger partial charge in [0.05, 0.1) is 12.7 Å². The number of rotatable bonds is 3. The van der Waals surface area contributed by atoms with E-state index in [1.165, 1.54) is 0 Å². The minimum absolute atomic E-state index is 0.0627. The van der Waals surface area contributed by atoms with E-state index >= 15 is 0 Å². The van der Waals surface area contributed by atoms with Crippen molar-refractivity contribution >= 4 is 5.91 Å². The van der Waals surface area contributed by atoms with Crippen LogP contribution in [0.1, 0.15) is 13.3 Å².